The molecule has 3 N–H and O–H groups in total. The number of nitriles is 1. The van der Waals surface area contributed by atoms with Crippen molar-refractivity contribution in [2.75, 3.05) is 0 Å². The van der Waals surface area contributed by atoms with Gasteiger partial charge in [-0.25, -0.2) is 9.36 Å². The molecule has 1 aliphatic heterocycles. The summed E-state index contributed by atoms with van der Waals surface area (Å²) in [6, 6.07) is 3.17. The molecule has 3 heterocycles. The molecule has 3 aliphatic rings. The first-order valence-electron chi connectivity index (χ1n) is 13.7. The van der Waals surface area contributed by atoms with Crippen LogP contribution in [0.2, 0.25) is 0 Å². The Labute approximate surface area is 257 Å². The summed E-state index contributed by atoms with van der Waals surface area (Å²) in [7, 11) is 0. The number of allylic oxidation sites excluding steroid dienone is 4. The number of dihydropyridines is 1. The average Bonchev–Trinajstić information content (AvgIpc) is 3.59. The van der Waals surface area contributed by atoms with Crippen LogP contribution in [-0.2, 0) is 17.3 Å². The van der Waals surface area contributed by atoms with Crippen molar-refractivity contribution in [3.63, 3.8) is 0 Å². The summed E-state index contributed by atoms with van der Waals surface area (Å²) in [6.45, 7) is 2.75. The van der Waals surface area contributed by atoms with Gasteiger partial charge in [0.1, 0.15) is 5.69 Å². The van der Waals surface area contributed by atoms with Crippen molar-refractivity contribution in [2.24, 2.45) is 11.8 Å². The van der Waals surface area contributed by atoms with Crippen molar-refractivity contribution in [1.29, 1.82) is 5.26 Å². The van der Waals surface area contributed by atoms with Crippen LogP contribution < -0.4 is 16.0 Å². The Bertz CT molecular complexity index is 1680. The van der Waals surface area contributed by atoms with Crippen LogP contribution in [0.5, 0.6) is 0 Å². The Hall–Kier alpha value is -4.59. The van der Waals surface area contributed by atoms with E-state index in [0.29, 0.717) is 11.5 Å². The third kappa shape index (κ3) is 6.46. The lowest BCUT2D eigenvalue weighted by molar-refractivity contribution is -0.293. The molecule has 0 saturated heterocycles. The molecule has 3 unspecified atom stereocenters. The zero-order chi connectivity index (χ0) is 32.7. The van der Waals surface area contributed by atoms with Crippen molar-refractivity contribution in [3.8, 4) is 6.07 Å². The number of carbonyl (C=O) groups is 2. The van der Waals surface area contributed by atoms with Crippen LogP contribution in [0.15, 0.2) is 52.4 Å². The Morgan fingerprint density at radius 3 is 2.62 bits per heavy atom. The van der Waals surface area contributed by atoms with Gasteiger partial charge in [-0.1, -0.05) is 17.7 Å². The fourth-order valence-electron chi connectivity index (χ4n) is 5.00. The predicted molar refractivity (Wildman–Crippen MR) is 147 cm³/mol. The van der Waals surface area contributed by atoms with Gasteiger partial charge in [-0.15, -0.1) is 5.10 Å². The number of nitrogens with zero attached hydrogens (tertiary/aromatic N) is 7. The Morgan fingerprint density at radius 2 is 1.98 bits per heavy atom. The number of hydrogen-bond donors (Lipinski definition) is 3. The van der Waals surface area contributed by atoms with Gasteiger partial charge in [0.05, 0.1) is 35.0 Å². The van der Waals surface area contributed by atoms with E-state index in [4.69, 9.17) is 11.6 Å². The van der Waals surface area contributed by atoms with E-state index >= 15 is 0 Å². The molecule has 0 radical (unpaired) electrons. The van der Waals surface area contributed by atoms with E-state index in [2.05, 4.69) is 42.6 Å². The van der Waals surface area contributed by atoms with Crippen LogP contribution in [0.3, 0.4) is 0 Å². The predicted octanol–water partition coefficient (Wildman–Crippen LogP) is 3.70. The molecular formula is C27H26ClF5N10O2. The minimum Gasteiger partial charge on any atom is -0.365 e. The summed E-state index contributed by atoms with van der Waals surface area (Å²) in [5.74, 6) is -8.63. The Kier molecular flexibility index (Phi) is 8.53. The topological polar surface area (TPSA) is 155 Å². The number of carbonyl (C=O) groups excluding carboxylic acids is 2. The van der Waals surface area contributed by atoms with Crippen LogP contribution in [-0.4, -0.2) is 54.0 Å². The Morgan fingerprint density at radius 1 is 1.24 bits per heavy atom. The molecule has 2 aromatic heterocycles. The van der Waals surface area contributed by atoms with E-state index in [0.717, 1.165) is 23.6 Å². The number of halogens is 6. The lowest BCUT2D eigenvalue weighted by atomic mass is 9.88. The van der Waals surface area contributed by atoms with E-state index in [-0.39, 0.29) is 44.8 Å². The standard InChI is InChI=1S/C27H26ClF5N10O2/c1-13-8-15(11-34)9-18(23(44)36-14(2)16-5-6-16)21(13)37-24(45)20-10-17(39-43(20)22-19(28)4-3-7-35-22)12-42-25(38-40-41-42)26(29,30)27(31,32)33/h3-4,7-8,10,14-16,22,35H,5-6,9,12H2,1-2H3,(H,36,44)(H,37,45). The number of rotatable bonds is 9. The smallest absolute Gasteiger partial charge is 0.365 e. The van der Waals surface area contributed by atoms with Crippen LogP contribution in [0.1, 0.15) is 61.3 Å². The zero-order valence-electron chi connectivity index (χ0n) is 23.7. The first-order valence-corrected chi connectivity index (χ1v) is 14.1. The van der Waals surface area contributed by atoms with E-state index in [1.54, 1.807) is 19.1 Å². The quantitative estimate of drug-likeness (QED) is 0.347. The maximum atomic E-state index is 14.1. The van der Waals surface area contributed by atoms with Crippen LogP contribution >= 0.6 is 11.6 Å². The van der Waals surface area contributed by atoms with Gasteiger partial charge in [0.25, 0.3) is 5.91 Å². The second kappa shape index (κ2) is 12.1. The van der Waals surface area contributed by atoms with Gasteiger partial charge in [0.2, 0.25) is 11.7 Å². The Balaban J connectivity index is 1.50. The van der Waals surface area contributed by atoms with Gasteiger partial charge in [0, 0.05) is 11.6 Å². The largest absolute Gasteiger partial charge is 0.461 e. The van der Waals surface area contributed by atoms with Gasteiger partial charge in [-0.2, -0.15) is 32.3 Å². The highest BCUT2D eigenvalue weighted by Gasteiger charge is 2.62. The third-order valence-electron chi connectivity index (χ3n) is 7.55. The molecule has 2 amide bonds. The molecule has 0 bridgehead atoms. The van der Waals surface area contributed by atoms with Gasteiger partial charge in [-0.3, -0.25) is 9.59 Å². The number of tetrazole rings is 1. The normalized spacial score (nSPS) is 21.0. The second-order valence-corrected chi connectivity index (χ2v) is 11.3. The summed E-state index contributed by atoms with van der Waals surface area (Å²) in [4.78, 5) is 27.1. The van der Waals surface area contributed by atoms with E-state index in [9.17, 15) is 36.8 Å². The molecule has 0 aromatic carbocycles. The van der Waals surface area contributed by atoms with Gasteiger partial charge in [0.15, 0.2) is 6.17 Å². The number of aromatic nitrogens is 6. The SMILES string of the molecule is CC1=CC(C#N)CC(C(=O)NC(C)C2CC2)=C1NC(=O)c1cc(Cn2nnnc2C(F)(F)C(F)(F)F)nn1C1NC=CC=C1Cl. The minimum atomic E-state index is -5.97. The summed E-state index contributed by atoms with van der Waals surface area (Å²) in [6.07, 6.45) is 1.29. The molecule has 2 aromatic rings. The highest BCUT2D eigenvalue weighted by atomic mass is 35.5. The molecular weight excluding hydrogens is 627 g/mol. The minimum absolute atomic E-state index is 0.0379. The second-order valence-electron chi connectivity index (χ2n) is 10.9. The molecule has 1 fully saturated rings. The molecule has 45 heavy (non-hydrogen) atoms. The van der Waals surface area contributed by atoms with Crippen molar-refractivity contribution < 1.29 is 31.5 Å². The fourth-order valence-corrected chi connectivity index (χ4v) is 5.23. The molecule has 0 spiro atoms. The maximum absolute atomic E-state index is 14.1. The lowest BCUT2D eigenvalue weighted by Crippen LogP contribution is -2.39. The van der Waals surface area contributed by atoms with Gasteiger partial charge >= 0.3 is 12.1 Å². The number of nitrogens with one attached hydrogen (secondary N) is 3. The van der Waals surface area contributed by atoms with Crippen molar-refractivity contribution in [2.45, 2.75) is 64.0 Å². The molecule has 12 nitrogen and oxygen atoms in total. The van der Waals surface area contributed by atoms with Crippen LogP contribution in [0.25, 0.3) is 0 Å². The molecule has 2 aliphatic carbocycles. The maximum Gasteiger partial charge on any atom is 0.461 e. The summed E-state index contributed by atoms with van der Waals surface area (Å²) in [5, 5.41) is 31.7. The van der Waals surface area contributed by atoms with Gasteiger partial charge < -0.3 is 16.0 Å². The van der Waals surface area contributed by atoms with Crippen molar-refractivity contribution >= 4 is 23.4 Å². The molecule has 1 saturated carbocycles. The lowest BCUT2D eigenvalue weighted by Gasteiger charge is -2.25. The van der Waals surface area contributed by atoms with Gasteiger partial charge in [-0.05, 0) is 79.4 Å². The zero-order valence-corrected chi connectivity index (χ0v) is 24.5. The van der Waals surface area contributed by atoms with Crippen LogP contribution in [0.4, 0.5) is 22.0 Å². The van der Waals surface area contributed by atoms with E-state index in [1.807, 2.05) is 6.92 Å². The first-order chi connectivity index (χ1) is 21.2. The highest BCUT2D eigenvalue weighted by Crippen LogP contribution is 2.42. The van der Waals surface area contributed by atoms with E-state index in [1.165, 1.54) is 12.3 Å². The van der Waals surface area contributed by atoms with Crippen molar-refractivity contribution in [1.82, 2.24) is 45.9 Å². The monoisotopic (exact) mass is 652 g/mol. The number of alkyl halides is 5. The summed E-state index contributed by atoms with van der Waals surface area (Å²) >= 11 is 6.36. The van der Waals surface area contributed by atoms with E-state index < -0.39 is 48.4 Å². The van der Waals surface area contributed by atoms with Crippen LogP contribution in [0, 0.1) is 23.2 Å². The number of amides is 2. The molecule has 3 atom stereocenters. The highest BCUT2D eigenvalue weighted by molar-refractivity contribution is 6.30. The summed E-state index contributed by atoms with van der Waals surface area (Å²) in [5.41, 5.74) is 0.486. The molecule has 238 valence electrons. The average molecular weight is 653 g/mol. The summed E-state index contributed by atoms with van der Waals surface area (Å²) < 4.78 is 68.7. The number of hydrogen-bond acceptors (Lipinski definition) is 8. The third-order valence-corrected chi connectivity index (χ3v) is 7.88. The first kappa shape index (κ1) is 31.8. The van der Waals surface area contributed by atoms with Crippen molar-refractivity contribution in [3.05, 3.63) is 69.6 Å². The fraction of sp³-hybridized carbons (Fsp3) is 0.444. The molecule has 18 heteroatoms. The molecule has 5 rings (SSSR count).